The van der Waals surface area contributed by atoms with Gasteiger partial charge in [0.15, 0.2) is 5.82 Å². The van der Waals surface area contributed by atoms with Crippen LogP contribution in [-0.4, -0.2) is 15.9 Å². The molecule has 0 saturated carbocycles. The van der Waals surface area contributed by atoms with Gasteiger partial charge in [-0.05, 0) is 52.2 Å². The maximum atomic E-state index is 13.4. The second-order valence-corrected chi connectivity index (χ2v) is 8.15. The fraction of sp³-hybridized carbons (Fsp3) is 0.0333. The summed E-state index contributed by atoms with van der Waals surface area (Å²) in [7, 11) is 0. The van der Waals surface area contributed by atoms with Gasteiger partial charge in [0.25, 0.3) is 0 Å². The Morgan fingerprint density at radius 3 is 2.37 bits per heavy atom. The fourth-order valence-electron chi connectivity index (χ4n) is 3.83. The third-order valence-electron chi connectivity index (χ3n) is 5.61. The lowest BCUT2D eigenvalue weighted by Crippen LogP contribution is -2.16. The van der Waals surface area contributed by atoms with Crippen LogP contribution in [0.5, 0.6) is 0 Å². The van der Waals surface area contributed by atoms with Crippen molar-refractivity contribution in [2.75, 3.05) is 5.32 Å². The number of halogens is 1. The molecule has 0 aliphatic carbocycles. The predicted molar refractivity (Wildman–Crippen MR) is 139 cm³/mol. The molecule has 5 aromatic rings. The van der Waals surface area contributed by atoms with Gasteiger partial charge in [0, 0.05) is 5.56 Å². The molecule has 0 bridgehead atoms. The zero-order valence-corrected chi connectivity index (χ0v) is 18.9. The highest BCUT2D eigenvalue weighted by atomic mass is 19.1. The molecule has 35 heavy (non-hydrogen) atoms. The lowest BCUT2D eigenvalue weighted by molar-refractivity contribution is -0.115. The molecular formula is C30H22FN3O. The Morgan fingerprint density at radius 2 is 1.57 bits per heavy atom. The van der Waals surface area contributed by atoms with Crippen LogP contribution in [0.2, 0.25) is 0 Å². The van der Waals surface area contributed by atoms with E-state index in [1.54, 1.807) is 18.3 Å². The van der Waals surface area contributed by atoms with Gasteiger partial charge < -0.3 is 5.32 Å². The number of rotatable bonds is 6. The van der Waals surface area contributed by atoms with Gasteiger partial charge >= 0.3 is 0 Å². The summed E-state index contributed by atoms with van der Waals surface area (Å²) in [5.41, 5.74) is 3.75. The number of benzene rings is 4. The monoisotopic (exact) mass is 459 g/mol. The van der Waals surface area contributed by atoms with Crippen LogP contribution in [0.1, 0.15) is 16.8 Å². The van der Waals surface area contributed by atoms with Gasteiger partial charge in [-0.3, -0.25) is 4.79 Å². The highest BCUT2D eigenvalue weighted by Crippen LogP contribution is 2.22. The van der Waals surface area contributed by atoms with Crippen molar-refractivity contribution in [2.45, 2.75) is 6.42 Å². The van der Waals surface area contributed by atoms with Crippen molar-refractivity contribution < 1.29 is 9.18 Å². The third-order valence-corrected chi connectivity index (χ3v) is 5.61. The minimum atomic E-state index is -0.316. The highest BCUT2D eigenvalue weighted by molar-refractivity contribution is 5.94. The molecule has 0 aliphatic heterocycles. The Bertz CT molecular complexity index is 1510. The molecule has 4 aromatic carbocycles. The second-order valence-electron chi connectivity index (χ2n) is 8.15. The van der Waals surface area contributed by atoms with E-state index < -0.39 is 0 Å². The molecule has 0 atom stereocenters. The van der Waals surface area contributed by atoms with Crippen LogP contribution in [0, 0.1) is 5.82 Å². The fourth-order valence-corrected chi connectivity index (χ4v) is 3.83. The Kier molecular flexibility index (Phi) is 6.39. The molecular weight excluding hydrogens is 437 g/mol. The van der Waals surface area contributed by atoms with Crippen LogP contribution in [0.15, 0.2) is 103 Å². The first-order valence-electron chi connectivity index (χ1n) is 11.3. The maximum Gasteiger partial charge on any atom is 0.230 e. The quantitative estimate of drug-likeness (QED) is 0.304. The van der Waals surface area contributed by atoms with Crippen molar-refractivity contribution in [3.05, 3.63) is 126 Å². The van der Waals surface area contributed by atoms with Gasteiger partial charge in [0.2, 0.25) is 5.91 Å². The number of carbonyl (C=O) groups is 1. The molecule has 0 aliphatic rings. The van der Waals surface area contributed by atoms with Gasteiger partial charge in [-0.2, -0.15) is 0 Å². The van der Waals surface area contributed by atoms with Crippen molar-refractivity contribution >= 4 is 34.6 Å². The molecule has 1 amide bonds. The molecule has 1 N–H and O–H groups in total. The number of nitrogens with zero attached hydrogens (tertiary/aromatic N) is 2. The van der Waals surface area contributed by atoms with E-state index in [0.717, 1.165) is 27.5 Å². The summed E-state index contributed by atoms with van der Waals surface area (Å²) in [5, 5.41) is 5.13. The van der Waals surface area contributed by atoms with Gasteiger partial charge in [0.05, 0.1) is 18.3 Å². The van der Waals surface area contributed by atoms with Gasteiger partial charge in [-0.25, -0.2) is 14.4 Å². The summed E-state index contributed by atoms with van der Waals surface area (Å²) < 4.78 is 13.4. The lowest BCUT2D eigenvalue weighted by atomic mass is 10.0. The molecule has 1 aromatic heterocycles. The summed E-state index contributed by atoms with van der Waals surface area (Å²) in [4.78, 5) is 22.1. The van der Waals surface area contributed by atoms with Gasteiger partial charge in [0.1, 0.15) is 11.5 Å². The summed E-state index contributed by atoms with van der Waals surface area (Å²) >= 11 is 0. The Balaban J connectivity index is 1.42. The van der Waals surface area contributed by atoms with E-state index in [2.05, 4.69) is 10.3 Å². The molecule has 0 saturated heterocycles. The third kappa shape index (κ3) is 5.47. The average Bonchev–Trinajstić information content (AvgIpc) is 2.89. The zero-order valence-electron chi connectivity index (χ0n) is 18.9. The Labute approximate surface area is 202 Å². The molecule has 0 fully saturated rings. The first-order valence-corrected chi connectivity index (χ1v) is 11.3. The number of nitrogens with one attached hydrogen (secondary N) is 1. The Hall–Kier alpha value is -4.64. The van der Waals surface area contributed by atoms with E-state index >= 15 is 0 Å². The standard InChI is InChI=1S/C30H22FN3O/c31-26-15-13-24(14-16-26)28-20-32-30(27(33-28)17-11-21-6-2-1-3-7-21)34-29(35)19-22-10-12-23-8-4-5-9-25(23)18-22/h1-18,20H,19H2,(H,32,34,35). The average molecular weight is 460 g/mol. The predicted octanol–water partition coefficient (Wildman–Crippen LogP) is 6.79. The van der Waals surface area contributed by atoms with Crippen molar-refractivity contribution in [1.29, 1.82) is 0 Å². The number of fused-ring (bicyclic) bond motifs is 1. The summed E-state index contributed by atoms with van der Waals surface area (Å²) in [6.45, 7) is 0. The van der Waals surface area contributed by atoms with E-state index in [0.29, 0.717) is 17.2 Å². The summed E-state index contributed by atoms with van der Waals surface area (Å²) in [6, 6.07) is 29.9. The highest BCUT2D eigenvalue weighted by Gasteiger charge is 2.12. The minimum Gasteiger partial charge on any atom is -0.309 e. The Morgan fingerprint density at radius 1 is 0.829 bits per heavy atom. The second kappa shape index (κ2) is 10.1. The molecule has 4 nitrogen and oxygen atoms in total. The van der Waals surface area contributed by atoms with E-state index in [1.165, 1.54) is 12.1 Å². The van der Waals surface area contributed by atoms with Crippen LogP contribution < -0.4 is 5.32 Å². The normalized spacial score (nSPS) is 11.1. The van der Waals surface area contributed by atoms with Crippen LogP contribution >= 0.6 is 0 Å². The summed E-state index contributed by atoms with van der Waals surface area (Å²) in [6.07, 6.45) is 5.53. The molecule has 170 valence electrons. The molecule has 0 unspecified atom stereocenters. The first-order chi connectivity index (χ1) is 17.1. The van der Waals surface area contributed by atoms with Crippen molar-refractivity contribution in [1.82, 2.24) is 9.97 Å². The van der Waals surface area contributed by atoms with Crippen LogP contribution in [0.3, 0.4) is 0 Å². The van der Waals surface area contributed by atoms with E-state index in [-0.39, 0.29) is 18.1 Å². The molecule has 0 spiro atoms. The number of hydrogen-bond donors (Lipinski definition) is 1. The number of amides is 1. The van der Waals surface area contributed by atoms with Crippen LogP contribution in [-0.2, 0) is 11.2 Å². The topological polar surface area (TPSA) is 54.9 Å². The van der Waals surface area contributed by atoms with Crippen molar-refractivity contribution in [3.63, 3.8) is 0 Å². The van der Waals surface area contributed by atoms with Gasteiger partial charge in [-0.15, -0.1) is 0 Å². The first kappa shape index (κ1) is 22.2. The molecule has 5 heteroatoms. The van der Waals surface area contributed by atoms with E-state index in [1.807, 2.05) is 84.9 Å². The number of aromatic nitrogens is 2. The molecule has 0 radical (unpaired) electrons. The SMILES string of the molecule is O=C(Cc1ccc2ccccc2c1)Nc1ncc(-c2ccc(F)cc2)nc1C=Cc1ccccc1. The van der Waals surface area contributed by atoms with E-state index in [4.69, 9.17) is 4.98 Å². The maximum absolute atomic E-state index is 13.4. The van der Waals surface area contributed by atoms with Crippen molar-refractivity contribution in [3.8, 4) is 11.3 Å². The number of carbonyl (C=O) groups excluding carboxylic acids is 1. The number of anilines is 1. The largest absolute Gasteiger partial charge is 0.309 e. The number of hydrogen-bond acceptors (Lipinski definition) is 3. The van der Waals surface area contributed by atoms with Crippen molar-refractivity contribution in [2.24, 2.45) is 0 Å². The van der Waals surface area contributed by atoms with Gasteiger partial charge in [-0.1, -0.05) is 78.9 Å². The zero-order chi connectivity index (χ0) is 24.0. The smallest absolute Gasteiger partial charge is 0.230 e. The van der Waals surface area contributed by atoms with Crippen LogP contribution in [0.25, 0.3) is 34.2 Å². The molecule has 5 rings (SSSR count). The molecule has 1 heterocycles. The summed E-state index contributed by atoms with van der Waals surface area (Å²) in [5.74, 6) is -0.129. The lowest BCUT2D eigenvalue weighted by Gasteiger charge is -2.10. The van der Waals surface area contributed by atoms with Crippen LogP contribution in [0.4, 0.5) is 10.2 Å². The van der Waals surface area contributed by atoms with E-state index in [9.17, 15) is 9.18 Å². The minimum absolute atomic E-state index is 0.182.